The lowest BCUT2D eigenvalue weighted by Crippen LogP contribution is -1.63. The van der Waals surface area contributed by atoms with Crippen LogP contribution in [0.3, 0.4) is 0 Å². The molecule has 0 saturated carbocycles. The molecule has 0 saturated heterocycles. The highest BCUT2D eigenvalue weighted by molar-refractivity contribution is 7.09. The van der Waals surface area contributed by atoms with Crippen LogP contribution in [0.1, 0.15) is 6.92 Å². The maximum absolute atomic E-state index is 4.24. The van der Waals surface area contributed by atoms with Crippen molar-refractivity contribution in [2.45, 2.75) is 6.92 Å². The molecule has 0 aliphatic rings. The molecule has 0 aromatic rings. The number of hydrogen-bond donors (Lipinski definition) is 0. The second-order valence-corrected chi connectivity index (χ2v) is 0.676. The van der Waals surface area contributed by atoms with E-state index in [1.807, 2.05) is 6.92 Å². The normalized spacial score (nSPS) is 7.50. The van der Waals surface area contributed by atoms with Crippen molar-refractivity contribution < 1.29 is 4.52 Å². The Balaban J connectivity index is 1.97. The van der Waals surface area contributed by atoms with E-state index in [4.69, 9.17) is 0 Å². The Kier molecular flexibility index (Phi) is 3.72. The van der Waals surface area contributed by atoms with Crippen LogP contribution in [-0.2, 0) is 4.52 Å². The van der Waals surface area contributed by atoms with E-state index in [2.05, 4.69) is 14.0 Å². The minimum Gasteiger partial charge on any atom is -0.345 e. The molecule has 0 unspecified atom stereocenters. The van der Waals surface area contributed by atoms with Gasteiger partial charge in [0.05, 0.1) is 0 Å². The minimum absolute atomic E-state index is 0.684. The Bertz CT molecular complexity index is 8.00. The molecule has 2 radical (unpaired) electrons. The average molecular weight is 76.0 g/mol. The largest absolute Gasteiger partial charge is 0.345 e. The van der Waals surface area contributed by atoms with Gasteiger partial charge in [0.15, 0.2) is 0 Å². The van der Waals surface area contributed by atoms with Gasteiger partial charge in [-0.3, -0.25) is 0 Å². The lowest BCUT2D eigenvalue weighted by molar-refractivity contribution is 0.400. The Morgan fingerprint density at radius 2 is 2.25 bits per heavy atom. The van der Waals surface area contributed by atoms with E-state index >= 15 is 0 Å². The fraction of sp³-hybridized carbons (Fsp3) is 1.00. The molecule has 0 heterocycles. The minimum atomic E-state index is 0.684. The molecule has 0 aliphatic heterocycles. The van der Waals surface area contributed by atoms with Crippen molar-refractivity contribution in [3.8, 4) is 0 Å². The molecule has 0 spiro atoms. The molecule has 0 atom stereocenters. The maximum atomic E-state index is 4.24. The van der Waals surface area contributed by atoms with Gasteiger partial charge in [0.2, 0.25) is 0 Å². The van der Waals surface area contributed by atoms with E-state index < -0.39 is 0 Å². The highest BCUT2D eigenvalue weighted by Gasteiger charge is 1.54. The summed E-state index contributed by atoms with van der Waals surface area (Å²) in [6.45, 7) is 2.57. The van der Waals surface area contributed by atoms with Crippen LogP contribution in [0, 0.1) is 0 Å². The predicted molar refractivity (Wildman–Crippen MR) is 18.5 cm³/mol. The van der Waals surface area contributed by atoms with Gasteiger partial charge in [0, 0.05) is 6.61 Å². The van der Waals surface area contributed by atoms with Crippen LogP contribution in [0.4, 0.5) is 0 Å². The summed E-state index contributed by atoms with van der Waals surface area (Å²) in [5.41, 5.74) is 0. The molecule has 0 N–H and O–H groups in total. The van der Waals surface area contributed by atoms with Gasteiger partial charge in [-0.15, -0.1) is 0 Å². The van der Waals surface area contributed by atoms with Crippen LogP contribution in [-0.4, -0.2) is 6.61 Å². The van der Waals surface area contributed by atoms with E-state index in [0.29, 0.717) is 6.61 Å². The second kappa shape index (κ2) is 3.39. The van der Waals surface area contributed by atoms with Gasteiger partial charge in [-0.05, 0) is 6.92 Å². The molecule has 0 aliphatic carbocycles. The van der Waals surface area contributed by atoms with Crippen molar-refractivity contribution >= 4 is 9.47 Å². The smallest absolute Gasteiger partial charge is 0.148 e. The second-order valence-electron chi connectivity index (χ2n) is 0.418. The predicted octanol–water partition coefficient (Wildman–Crippen LogP) is 1.35. The van der Waals surface area contributed by atoms with Gasteiger partial charge >= 0.3 is 0 Å². The zero-order valence-electron chi connectivity index (χ0n) is 2.56. The highest BCUT2D eigenvalue weighted by atomic mass is 31.0. The first kappa shape index (κ1) is 4.39. The van der Waals surface area contributed by atoms with Crippen molar-refractivity contribution in [1.29, 1.82) is 0 Å². The van der Waals surface area contributed by atoms with Crippen LogP contribution < -0.4 is 0 Å². The van der Waals surface area contributed by atoms with Crippen molar-refractivity contribution in [2.75, 3.05) is 6.61 Å². The monoisotopic (exact) mass is 76.0 g/mol. The third-order valence-corrected chi connectivity index (χ3v) is 0.387. The lowest BCUT2D eigenvalue weighted by Gasteiger charge is -1.73. The van der Waals surface area contributed by atoms with Crippen LogP contribution in [0.2, 0.25) is 0 Å². The van der Waals surface area contributed by atoms with Gasteiger partial charge in [-0.2, -0.15) is 0 Å². The summed E-state index contributed by atoms with van der Waals surface area (Å²) >= 11 is 0. The fourth-order valence-electron chi connectivity index (χ4n) is 0. The maximum Gasteiger partial charge on any atom is 0.148 e. The van der Waals surface area contributed by atoms with E-state index in [1.165, 1.54) is 0 Å². The topological polar surface area (TPSA) is 9.23 Å². The third-order valence-electron chi connectivity index (χ3n) is 0.129. The standard InChI is InChI=1S/C2H5OP/c1-2-3-4/h2H2,1H3. The first-order valence-corrected chi connectivity index (χ1v) is 1.54. The van der Waals surface area contributed by atoms with Crippen molar-refractivity contribution in [3.05, 3.63) is 0 Å². The Hall–Kier alpha value is 0.390. The fourth-order valence-corrected chi connectivity index (χ4v) is 0. The number of hydrogen-bond acceptors (Lipinski definition) is 1. The van der Waals surface area contributed by atoms with Crippen molar-refractivity contribution in [1.82, 2.24) is 0 Å². The van der Waals surface area contributed by atoms with Gasteiger partial charge in [0.25, 0.3) is 0 Å². The van der Waals surface area contributed by atoms with E-state index in [9.17, 15) is 0 Å². The lowest BCUT2D eigenvalue weighted by atomic mass is 10.9. The molecule has 24 valence electrons. The van der Waals surface area contributed by atoms with E-state index in [0.717, 1.165) is 0 Å². The molecule has 0 amide bonds. The quantitative estimate of drug-likeness (QED) is 0.428. The summed E-state index contributed by atoms with van der Waals surface area (Å²) in [7, 11) is 3.42. The first-order valence-electron chi connectivity index (χ1n) is 1.18. The summed E-state index contributed by atoms with van der Waals surface area (Å²) < 4.78 is 4.24. The highest BCUT2D eigenvalue weighted by Crippen LogP contribution is 1.77. The van der Waals surface area contributed by atoms with Gasteiger partial charge < -0.3 is 4.52 Å². The van der Waals surface area contributed by atoms with Crippen LogP contribution in [0.5, 0.6) is 0 Å². The summed E-state index contributed by atoms with van der Waals surface area (Å²) in [6.07, 6.45) is 0. The molecule has 4 heavy (non-hydrogen) atoms. The molecule has 0 fully saturated rings. The van der Waals surface area contributed by atoms with Crippen LogP contribution in [0.25, 0.3) is 0 Å². The van der Waals surface area contributed by atoms with Gasteiger partial charge in [-0.1, -0.05) is 0 Å². The summed E-state index contributed by atoms with van der Waals surface area (Å²) in [4.78, 5) is 0. The molecule has 0 aromatic heterocycles. The van der Waals surface area contributed by atoms with E-state index in [1.54, 1.807) is 0 Å². The molecule has 0 bridgehead atoms. The molecular weight excluding hydrogens is 71.0 g/mol. The Morgan fingerprint density at radius 1 is 2.00 bits per heavy atom. The zero-order valence-corrected chi connectivity index (χ0v) is 3.46. The van der Waals surface area contributed by atoms with E-state index in [-0.39, 0.29) is 0 Å². The van der Waals surface area contributed by atoms with Gasteiger partial charge in [0.1, 0.15) is 9.47 Å². The van der Waals surface area contributed by atoms with Crippen molar-refractivity contribution in [3.63, 3.8) is 0 Å². The van der Waals surface area contributed by atoms with Crippen molar-refractivity contribution in [2.24, 2.45) is 0 Å². The summed E-state index contributed by atoms with van der Waals surface area (Å²) in [5, 5.41) is 0. The third kappa shape index (κ3) is 2.39. The average Bonchev–Trinajstić information content (AvgIpc) is 1.37. The first-order chi connectivity index (χ1) is 1.91. The SMILES string of the molecule is CCO[P]. The molecule has 2 heteroatoms. The molecule has 0 aromatic carbocycles. The van der Waals surface area contributed by atoms with Crippen LogP contribution in [0.15, 0.2) is 0 Å². The Morgan fingerprint density at radius 3 is 2.25 bits per heavy atom. The zero-order chi connectivity index (χ0) is 3.41. The summed E-state index contributed by atoms with van der Waals surface area (Å²) in [5.74, 6) is 0. The molecule has 1 nitrogen and oxygen atoms in total. The molecular formula is C2H5OP. The number of rotatable bonds is 1. The Labute approximate surface area is 28.6 Å². The summed E-state index contributed by atoms with van der Waals surface area (Å²) in [6, 6.07) is 0. The molecule has 0 rings (SSSR count). The van der Waals surface area contributed by atoms with Crippen LogP contribution >= 0.6 is 9.47 Å². The van der Waals surface area contributed by atoms with Gasteiger partial charge in [-0.25, -0.2) is 0 Å².